The van der Waals surface area contributed by atoms with Crippen molar-refractivity contribution in [2.75, 3.05) is 5.73 Å². The lowest BCUT2D eigenvalue weighted by Crippen LogP contribution is -1.87. The lowest BCUT2D eigenvalue weighted by atomic mass is 10.3. The van der Waals surface area contributed by atoms with Crippen molar-refractivity contribution < 1.29 is 0 Å². The zero-order valence-corrected chi connectivity index (χ0v) is 9.41. The molecule has 0 saturated carbocycles. The number of anilines is 1. The molecule has 6 heteroatoms. The minimum atomic E-state index is 0.468. The van der Waals surface area contributed by atoms with Crippen molar-refractivity contribution in [2.24, 2.45) is 0 Å². The van der Waals surface area contributed by atoms with Crippen molar-refractivity contribution in [3.05, 3.63) is 21.9 Å². The van der Waals surface area contributed by atoms with Gasteiger partial charge in [-0.1, -0.05) is 0 Å². The third-order valence-corrected chi connectivity index (χ3v) is 2.61. The first kappa shape index (κ1) is 8.82. The SMILES string of the molecule is Nc1nc(-c2cc(I)ccn2)ns1. The molecule has 0 saturated heterocycles. The summed E-state index contributed by atoms with van der Waals surface area (Å²) in [6.07, 6.45) is 1.73. The Balaban J connectivity index is 2.46. The van der Waals surface area contributed by atoms with Gasteiger partial charge in [-0.05, 0) is 34.7 Å². The summed E-state index contributed by atoms with van der Waals surface area (Å²) in [5, 5.41) is 0.468. The van der Waals surface area contributed by atoms with E-state index in [0.717, 1.165) is 9.26 Å². The quantitative estimate of drug-likeness (QED) is 0.816. The first-order chi connectivity index (χ1) is 6.25. The van der Waals surface area contributed by atoms with Gasteiger partial charge in [-0.25, -0.2) is 0 Å². The van der Waals surface area contributed by atoms with Crippen LogP contribution in [-0.2, 0) is 0 Å². The second-order valence-electron chi connectivity index (χ2n) is 2.32. The van der Waals surface area contributed by atoms with E-state index in [4.69, 9.17) is 5.73 Å². The van der Waals surface area contributed by atoms with E-state index in [1.807, 2.05) is 12.1 Å². The largest absolute Gasteiger partial charge is 0.374 e. The third kappa shape index (κ3) is 1.94. The summed E-state index contributed by atoms with van der Waals surface area (Å²) in [7, 11) is 0. The number of rotatable bonds is 1. The Kier molecular flexibility index (Phi) is 2.40. The Labute approximate surface area is 92.5 Å². The number of nitrogen functional groups attached to an aromatic ring is 1. The van der Waals surface area contributed by atoms with Crippen LogP contribution in [0.4, 0.5) is 5.13 Å². The average Bonchev–Trinajstić information content (AvgIpc) is 2.52. The van der Waals surface area contributed by atoms with E-state index in [1.54, 1.807) is 6.20 Å². The Morgan fingerprint density at radius 2 is 2.31 bits per heavy atom. The average molecular weight is 304 g/mol. The van der Waals surface area contributed by atoms with Crippen LogP contribution < -0.4 is 5.73 Å². The molecule has 2 rings (SSSR count). The van der Waals surface area contributed by atoms with Crippen molar-refractivity contribution in [3.63, 3.8) is 0 Å². The standard InChI is InChI=1S/C7H5IN4S/c8-4-1-2-10-5(3-4)6-11-7(9)13-12-6/h1-3H,(H2,9,11,12). The van der Waals surface area contributed by atoms with Crippen LogP contribution in [-0.4, -0.2) is 14.3 Å². The van der Waals surface area contributed by atoms with Gasteiger partial charge in [0.25, 0.3) is 0 Å². The van der Waals surface area contributed by atoms with E-state index >= 15 is 0 Å². The highest BCUT2D eigenvalue weighted by Crippen LogP contribution is 2.18. The van der Waals surface area contributed by atoms with Gasteiger partial charge < -0.3 is 5.73 Å². The van der Waals surface area contributed by atoms with Crippen molar-refractivity contribution in [1.29, 1.82) is 0 Å². The van der Waals surface area contributed by atoms with Crippen molar-refractivity contribution >= 4 is 39.3 Å². The summed E-state index contributed by atoms with van der Waals surface area (Å²) >= 11 is 3.39. The van der Waals surface area contributed by atoms with E-state index in [2.05, 4.69) is 36.9 Å². The Bertz CT molecular complexity index is 428. The third-order valence-electron chi connectivity index (χ3n) is 1.39. The van der Waals surface area contributed by atoms with Crippen molar-refractivity contribution in [2.45, 2.75) is 0 Å². The van der Waals surface area contributed by atoms with E-state index in [-0.39, 0.29) is 0 Å². The molecule has 2 aromatic rings. The van der Waals surface area contributed by atoms with Gasteiger partial charge in [0.15, 0.2) is 11.0 Å². The molecule has 66 valence electrons. The predicted octanol–water partition coefficient (Wildman–Crippen LogP) is 1.79. The monoisotopic (exact) mass is 304 g/mol. The highest BCUT2D eigenvalue weighted by atomic mass is 127. The maximum Gasteiger partial charge on any atom is 0.200 e. The van der Waals surface area contributed by atoms with Crippen LogP contribution in [0.2, 0.25) is 0 Å². The molecular weight excluding hydrogens is 299 g/mol. The highest BCUT2D eigenvalue weighted by molar-refractivity contribution is 14.1. The number of nitrogens with zero attached hydrogens (tertiary/aromatic N) is 3. The van der Waals surface area contributed by atoms with E-state index in [0.29, 0.717) is 11.0 Å². The number of aromatic nitrogens is 3. The van der Waals surface area contributed by atoms with Gasteiger partial charge in [0.2, 0.25) is 0 Å². The Hall–Kier alpha value is -0.760. The lowest BCUT2D eigenvalue weighted by Gasteiger charge is -1.93. The molecule has 2 N–H and O–H groups in total. The number of hydrogen-bond donors (Lipinski definition) is 1. The van der Waals surface area contributed by atoms with Gasteiger partial charge >= 0.3 is 0 Å². The van der Waals surface area contributed by atoms with E-state index in [1.165, 1.54) is 11.5 Å². The molecule has 0 aliphatic carbocycles. The van der Waals surface area contributed by atoms with Gasteiger partial charge in [-0.2, -0.15) is 9.36 Å². The normalized spacial score (nSPS) is 10.2. The number of nitrogens with two attached hydrogens (primary N) is 1. The number of pyridine rings is 1. The first-order valence-electron chi connectivity index (χ1n) is 3.47. The van der Waals surface area contributed by atoms with Crippen LogP contribution in [0.25, 0.3) is 11.5 Å². The van der Waals surface area contributed by atoms with Crippen molar-refractivity contribution in [1.82, 2.24) is 14.3 Å². The van der Waals surface area contributed by atoms with Crippen LogP contribution >= 0.6 is 34.1 Å². The molecule has 2 heterocycles. The van der Waals surface area contributed by atoms with Gasteiger partial charge in [-0.15, -0.1) is 0 Å². The molecule has 0 aromatic carbocycles. The predicted molar refractivity (Wildman–Crippen MR) is 60.3 cm³/mol. The Morgan fingerprint density at radius 3 is 2.92 bits per heavy atom. The Morgan fingerprint density at radius 1 is 1.46 bits per heavy atom. The van der Waals surface area contributed by atoms with Crippen LogP contribution in [0.1, 0.15) is 0 Å². The van der Waals surface area contributed by atoms with Crippen molar-refractivity contribution in [3.8, 4) is 11.5 Å². The summed E-state index contributed by atoms with van der Waals surface area (Å²) < 4.78 is 5.17. The zero-order valence-electron chi connectivity index (χ0n) is 6.44. The maximum absolute atomic E-state index is 5.47. The smallest absolute Gasteiger partial charge is 0.200 e. The molecule has 13 heavy (non-hydrogen) atoms. The van der Waals surface area contributed by atoms with Gasteiger partial charge in [-0.3, -0.25) is 4.98 Å². The fourth-order valence-corrected chi connectivity index (χ4v) is 1.76. The molecule has 0 fully saturated rings. The molecule has 0 atom stereocenters. The summed E-state index contributed by atoms with van der Waals surface area (Å²) in [4.78, 5) is 8.19. The van der Waals surface area contributed by atoms with Gasteiger partial charge in [0, 0.05) is 21.3 Å². The molecule has 2 aromatic heterocycles. The summed E-state index contributed by atoms with van der Waals surface area (Å²) in [5.41, 5.74) is 6.23. The summed E-state index contributed by atoms with van der Waals surface area (Å²) in [5.74, 6) is 0.598. The second kappa shape index (κ2) is 3.54. The molecule has 4 nitrogen and oxygen atoms in total. The highest BCUT2D eigenvalue weighted by Gasteiger charge is 2.05. The molecule has 0 aliphatic rings. The van der Waals surface area contributed by atoms with Crippen LogP contribution in [0.3, 0.4) is 0 Å². The maximum atomic E-state index is 5.47. The minimum Gasteiger partial charge on any atom is -0.374 e. The number of halogens is 1. The molecule has 0 unspecified atom stereocenters. The second-order valence-corrected chi connectivity index (χ2v) is 4.34. The minimum absolute atomic E-state index is 0.468. The first-order valence-corrected chi connectivity index (χ1v) is 5.32. The van der Waals surface area contributed by atoms with Crippen LogP contribution in [0.5, 0.6) is 0 Å². The van der Waals surface area contributed by atoms with E-state index in [9.17, 15) is 0 Å². The fourth-order valence-electron chi connectivity index (χ4n) is 0.866. The van der Waals surface area contributed by atoms with E-state index < -0.39 is 0 Å². The summed E-state index contributed by atoms with van der Waals surface area (Å²) in [6.45, 7) is 0. The van der Waals surface area contributed by atoms with Gasteiger partial charge in [0.1, 0.15) is 5.69 Å². The topological polar surface area (TPSA) is 64.7 Å². The molecule has 0 aliphatic heterocycles. The van der Waals surface area contributed by atoms with Crippen LogP contribution in [0.15, 0.2) is 18.3 Å². The molecule has 0 amide bonds. The molecule has 0 bridgehead atoms. The fraction of sp³-hybridized carbons (Fsp3) is 0. The van der Waals surface area contributed by atoms with Crippen LogP contribution in [0, 0.1) is 3.57 Å². The molecular formula is C7H5IN4S. The summed E-state index contributed by atoms with van der Waals surface area (Å²) in [6, 6.07) is 3.84. The van der Waals surface area contributed by atoms with Gasteiger partial charge in [0.05, 0.1) is 0 Å². The number of hydrogen-bond acceptors (Lipinski definition) is 5. The molecule has 0 spiro atoms. The zero-order chi connectivity index (χ0) is 9.26. The lowest BCUT2D eigenvalue weighted by molar-refractivity contribution is 1.23. The molecule has 0 radical (unpaired) electrons.